The van der Waals surface area contributed by atoms with Crippen LogP contribution in [0.4, 0.5) is 4.39 Å². The summed E-state index contributed by atoms with van der Waals surface area (Å²) in [6.07, 6.45) is 0.344. The molecule has 0 spiro atoms. The van der Waals surface area contributed by atoms with Crippen molar-refractivity contribution in [2.24, 2.45) is 0 Å². The van der Waals surface area contributed by atoms with Gasteiger partial charge < -0.3 is 15.0 Å². The molecule has 2 rings (SSSR count). The lowest BCUT2D eigenvalue weighted by Crippen LogP contribution is -2.56. The van der Waals surface area contributed by atoms with Gasteiger partial charge in [-0.1, -0.05) is 0 Å². The summed E-state index contributed by atoms with van der Waals surface area (Å²) in [5.74, 6) is 0.394. The summed E-state index contributed by atoms with van der Waals surface area (Å²) in [4.78, 5) is 14.0. The molecule has 1 aliphatic heterocycles. The minimum atomic E-state index is -0.294. The number of benzene rings is 1. The molecule has 2 atom stereocenters. The number of ether oxygens (including phenoxy) is 1. The van der Waals surface area contributed by atoms with Gasteiger partial charge in [-0.2, -0.15) is 0 Å². The Labute approximate surface area is 118 Å². The Balaban J connectivity index is 1.76. The third kappa shape index (κ3) is 4.20. The first-order valence-corrected chi connectivity index (χ1v) is 6.97. The Morgan fingerprint density at radius 1 is 1.30 bits per heavy atom. The van der Waals surface area contributed by atoms with E-state index in [0.29, 0.717) is 30.9 Å². The van der Waals surface area contributed by atoms with Crippen LogP contribution in [0.5, 0.6) is 5.75 Å². The predicted octanol–water partition coefficient (Wildman–Crippen LogP) is 1.80. The average Bonchev–Trinajstić information content (AvgIpc) is 2.40. The molecule has 0 aromatic heterocycles. The molecule has 1 fully saturated rings. The summed E-state index contributed by atoms with van der Waals surface area (Å²) in [6, 6.07) is 6.46. The Morgan fingerprint density at radius 3 is 2.50 bits per heavy atom. The maximum absolute atomic E-state index is 12.7. The van der Waals surface area contributed by atoms with E-state index in [1.54, 1.807) is 12.1 Å². The van der Waals surface area contributed by atoms with Crippen LogP contribution in [0.15, 0.2) is 24.3 Å². The number of halogens is 1. The minimum absolute atomic E-state index is 0.104. The van der Waals surface area contributed by atoms with Crippen LogP contribution in [0.3, 0.4) is 0 Å². The van der Waals surface area contributed by atoms with E-state index in [1.165, 1.54) is 12.1 Å². The van der Waals surface area contributed by atoms with Crippen molar-refractivity contribution in [1.29, 1.82) is 0 Å². The van der Waals surface area contributed by atoms with Crippen LogP contribution in [-0.4, -0.2) is 42.6 Å². The summed E-state index contributed by atoms with van der Waals surface area (Å²) in [5.41, 5.74) is 0. The van der Waals surface area contributed by atoms with Crippen LogP contribution < -0.4 is 10.1 Å². The number of carbonyl (C=O) groups is 1. The number of rotatable bonds is 4. The zero-order chi connectivity index (χ0) is 14.5. The van der Waals surface area contributed by atoms with Crippen LogP contribution >= 0.6 is 0 Å². The summed E-state index contributed by atoms with van der Waals surface area (Å²) in [7, 11) is 0. The lowest BCUT2D eigenvalue weighted by Gasteiger charge is -2.36. The molecule has 20 heavy (non-hydrogen) atoms. The molecule has 1 aliphatic rings. The third-order valence-corrected chi connectivity index (χ3v) is 3.31. The first kappa shape index (κ1) is 14.8. The number of amides is 1. The van der Waals surface area contributed by atoms with Gasteiger partial charge in [-0.05, 0) is 38.1 Å². The fourth-order valence-corrected chi connectivity index (χ4v) is 2.48. The number of nitrogens with zero attached hydrogens (tertiary/aromatic N) is 1. The largest absolute Gasteiger partial charge is 0.493 e. The van der Waals surface area contributed by atoms with E-state index in [4.69, 9.17) is 4.74 Å². The molecule has 5 heteroatoms. The summed E-state index contributed by atoms with van der Waals surface area (Å²) in [6.45, 7) is 5.94. The third-order valence-electron chi connectivity index (χ3n) is 3.31. The predicted molar refractivity (Wildman–Crippen MR) is 75.2 cm³/mol. The minimum Gasteiger partial charge on any atom is -0.493 e. The molecule has 1 amide bonds. The number of hydrogen-bond donors (Lipinski definition) is 1. The average molecular weight is 280 g/mol. The lowest BCUT2D eigenvalue weighted by molar-refractivity contribution is -0.133. The lowest BCUT2D eigenvalue weighted by atomic mass is 10.1. The van der Waals surface area contributed by atoms with Gasteiger partial charge in [0.25, 0.3) is 0 Å². The summed E-state index contributed by atoms with van der Waals surface area (Å²) < 4.78 is 18.2. The Kier molecular flexibility index (Phi) is 4.95. The van der Waals surface area contributed by atoms with Crippen molar-refractivity contribution in [1.82, 2.24) is 10.2 Å². The van der Waals surface area contributed by atoms with Crippen LogP contribution in [-0.2, 0) is 4.79 Å². The molecule has 1 heterocycles. The first-order valence-electron chi connectivity index (χ1n) is 6.97. The molecule has 1 saturated heterocycles. The molecule has 4 nitrogen and oxygen atoms in total. The maximum atomic E-state index is 12.7. The van der Waals surface area contributed by atoms with Gasteiger partial charge in [0.2, 0.25) is 5.91 Å². The van der Waals surface area contributed by atoms with E-state index in [9.17, 15) is 9.18 Å². The van der Waals surface area contributed by atoms with Crippen molar-refractivity contribution in [2.45, 2.75) is 32.4 Å². The SMILES string of the molecule is C[C@H]1CN(C(=O)CCOc2ccc(F)cc2)C[C@H](C)N1. The molecule has 0 saturated carbocycles. The molecule has 0 radical (unpaired) electrons. The zero-order valence-electron chi connectivity index (χ0n) is 11.9. The van der Waals surface area contributed by atoms with E-state index in [0.717, 1.165) is 13.1 Å². The van der Waals surface area contributed by atoms with Crippen LogP contribution in [0, 0.1) is 5.82 Å². The molecule has 0 unspecified atom stereocenters. The van der Waals surface area contributed by atoms with Gasteiger partial charge in [0.15, 0.2) is 0 Å². The Morgan fingerprint density at radius 2 is 1.90 bits per heavy atom. The van der Waals surface area contributed by atoms with Crippen LogP contribution in [0.1, 0.15) is 20.3 Å². The first-order chi connectivity index (χ1) is 9.54. The molecule has 1 aromatic carbocycles. The van der Waals surface area contributed by atoms with Gasteiger partial charge >= 0.3 is 0 Å². The highest BCUT2D eigenvalue weighted by Crippen LogP contribution is 2.12. The van der Waals surface area contributed by atoms with E-state index < -0.39 is 0 Å². The van der Waals surface area contributed by atoms with Crippen molar-refractivity contribution in [2.75, 3.05) is 19.7 Å². The van der Waals surface area contributed by atoms with Crippen molar-refractivity contribution < 1.29 is 13.9 Å². The van der Waals surface area contributed by atoms with Gasteiger partial charge in [0, 0.05) is 25.2 Å². The normalized spacial score (nSPS) is 22.6. The van der Waals surface area contributed by atoms with Gasteiger partial charge in [0.1, 0.15) is 11.6 Å². The quantitative estimate of drug-likeness (QED) is 0.914. The van der Waals surface area contributed by atoms with Crippen molar-refractivity contribution in [3.05, 3.63) is 30.1 Å². The fourth-order valence-electron chi connectivity index (χ4n) is 2.48. The number of carbonyl (C=O) groups excluding carboxylic acids is 1. The van der Waals surface area contributed by atoms with Crippen LogP contribution in [0.25, 0.3) is 0 Å². The second-order valence-electron chi connectivity index (χ2n) is 5.32. The standard InChI is InChI=1S/C15H21FN2O2/c1-11-9-18(10-12(2)17-11)15(19)7-8-20-14-5-3-13(16)4-6-14/h3-6,11-12,17H,7-10H2,1-2H3/t11-,12-/m0/s1. The Bertz CT molecular complexity index is 440. The van der Waals surface area contributed by atoms with Crippen LogP contribution in [0.2, 0.25) is 0 Å². The highest BCUT2D eigenvalue weighted by Gasteiger charge is 2.24. The molecule has 0 aliphatic carbocycles. The van der Waals surface area contributed by atoms with E-state index in [1.807, 2.05) is 4.90 Å². The van der Waals surface area contributed by atoms with E-state index in [-0.39, 0.29) is 11.7 Å². The van der Waals surface area contributed by atoms with Gasteiger partial charge in [-0.25, -0.2) is 4.39 Å². The number of nitrogens with one attached hydrogen (secondary N) is 1. The monoisotopic (exact) mass is 280 g/mol. The maximum Gasteiger partial charge on any atom is 0.226 e. The van der Waals surface area contributed by atoms with Crippen molar-refractivity contribution in [3.63, 3.8) is 0 Å². The van der Waals surface area contributed by atoms with Crippen molar-refractivity contribution in [3.8, 4) is 5.75 Å². The fraction of sp³-hybridized carbons (Fsp3) is 0.533. The smallest absolute Gasteiger partial charge is 0.226 e. The van der Waals surface area contributed by atoms with Gasteiger partial charge in [-0.3, -0.25) is 4.79 Å². The second kappa shape index (κ2) is 6.70. The van der Waals surface area contributed by atoms with Gasteiger partial charge in [-0.15, -0.1) is 0 Å². The second-order valence-corrected chi connectivity index (χ2v) is 5.32. The zero-order valence-corrected chi connectivity index (χ0v) is 11.9. The van der Waals surface area contributed by atoms with Crippen molar-refractivity contribution >= 4 is 5.91 Å². The molecule has 110 valence electrons. The molecule has 1 N–H and O–H groups in total. The van der Waals surface area contributed by atoms with E-state index >= 15 is 0 Å². The van der Waals surface area contributed by atoms with Gasteiger partial charge in [0.05, 0.1) is 13.0 Å². The number of hydrogen-bond acceptors (Lipinski definition) is 3. The van der Waals surface area contributed by atoms with E-state index in [2.05, 4.69) is 19.2 Å². The highest BCUT2D eigenvalue weighted by atomic mass is 19.1. The summed E-state index contributed by atoms with van der Waals surface area (Å²) in [5, 5.41) is 3.39. The molecule has 0 bridgehead atoms. The Hall–Kier alpha value is -1.62. The molecular weight excluding hydrogens is 259 g/mol. The molecule has 1 aromatic rings. The molecular formula is C15H21FN2O2. The topological polar surface area (TPSA) is 41.6 Å². The highest BCUT2D eigenvalue weighted by molar-refractivity contribution is 5.76. The number of piperazine rings is 1. The summed E-state index contributed by atoms with van der Waals surface area (Å²) >= 11 is 0.